The van der Waals surface area contributed by atoms with E-state index < -0.39 is 29.8 Å². The van der Waals surface area contributed by atoms with Crippen LogP contribution in [-0.4, -0.2) is 23.4 Å². The molecular weight excluding hydrogens is 354 g/mol. The van der Waals surface area contributed by atoms with Crippen LogP contribution in [0.5, 0.6) is 11.5 Å². The second-order valence-electron chi connectivity index (χ2n) is 5.02. The van der Waals surface area contributed by atoms with Gasteiger partial charge in [-0.15, -0.1) is 0 Å². The minimum atomic E-state index is -5.50. The van der Waals surface area contributed by atoms with Gasteiger partial charge in [-0.3, -0.25) is 0 Å². The molecule has 0 fully saturated rings. The van der Waals surface area contributed by atoms with Gasteiger partial charge in [0.15, 0.2) is 5.92 Å². The van der Waals surface area contributed by atoms with Crippen LogP contribution >= 0.6 is 0 Å². The molecule has 9 heteroatoms. The van der Waals surface area contributed by atoms with E-state index in [-0.39, 0.29) is 17.1 Å². The van der Waals surface area contributed by atoms with Gasteiger partial charge in [0, 0.05) is 0 Å². The van der Waals surface area contributed by atoms with Crippen LogP contribution in [0.1, 0.15) is 21.8 Å². The molecule has 2 aromatic rings. The second-order valence-corrected chi connectivity index (χ2v) is 5.02. The average Bonchev–Trinajstić information content (AvgIpc) is 2.45. The van der Waals surface area contributed by atoms with Gasteiger partial charge < -0.3 is 9.84 Å². The topological polar surface area (TPSA) is 46.5 Å². The van der Waals surface area contributed by atoms with Crippen molar-refractivity contribution in [2.75, 3.05) is 0 Å². The number of ether oxygens (including phenoxy) is 1. The van der Waals surface area contributed by atoms with E-state index in [2.05, 4.69) is 0 Å². The van der Waals surface area contributed by atoms with E-state index in [1.54, 1.807) is 0 Å². The van der Waals surface area contributed by atoms with Gasteiger partial charge in [0.25, 0.3) is 0 Å². The zero-order valence-corrected chi connectivity index (χ0v) is 12.2. The number of carboxylic acids is 1. The molecule has 0 spiro atoms. The lowest BCUT2D eigenvalue weighted by Gasteiger charge is -2.23. The molecule has 1 N–H and O–H groups in total. The molecular formula is C16H10F6O3. The van der Waals surface area contributed by atoms with Gasteiger partial charge in [-0.1, -0.05) is 12.1 Å². The molecule has 0 aliphatic rings. The highest BCUT2D eigenvalue weighted by molar-refractivity contribution is 5.87. The smallest absolute Gasteiger partial charge is 0.404 e. The number of alkyl halides is 6. The minimum Gasteiger partial charge on any atom is -0.478 e. The molecule has 0 saturated carbocycles. The first-order valence-electron chi connectivity index (χ1n) is 6.73. The highest BCUT2D eigenvalue weighted by atomic mass is 19.4. The van der Waals surface area contributed by atoms with Gasteiger partial charge in [0.05, 0.1) is 5.56 Å². The third-order valence-electron chi connectivity index (χ3n) is 3.18. The summed E-state index contributed by atoms with van der Waals surface area (Å²) in [5, 5.41) is 8.76. The zero-order valence-electron chi connectivity index (χ0n) is 12.2. The molecule has 2 rings (SSSR count). The first-order valence-corrected chi connectivity index (χ1v) is 6.73. The van der Waals surface area contributed by atoms with Crippen molar-refractivity contribution in [2.45, 2.75) is 18.3 Å². The summed E-state index contributed by atoms with van der Waals surface area (Å²) >= 11 is 0. The molecule has 0 aliphatic heterocycles. The largest absolute Gasteiger partial charge is 0.478 e. The van der Waals surface area contributed by atoms with E-state index in [1.807, 2.05) is 0 Å². The van der Waals surface area contributed by atoms with Gasteiger partial charge in [0.2, 0.25) is 0 Å². The third-order valence-corrected chi connectivity index (χ3v) is 3.18. The maximum absolute atomic E-state index is 12.8. The number of hydrogen-bond donors (Lipinski definition) is 1. The minimum absolute atomic E-state index is 0.0460. The van der Waals surface area contributed by atoms with E-state index in [1.165, 1.54) is 30.3 Å². The summed E-state index contributed by atoms with van der Waals surface area (Å²) in [4.78, 5) is 10.7. The average molecular weight is 364 g/mol. The van der Waals surface area contributed by atoms with Gasteiger partial charge >= 0.3 is 18.3 Å². The highest BCUT2D eigenvalue weighted by Gasteiger charge is 2.57. The van der Waals surface area contributed by atoms with Crippen LogP contribution in [0.4, 0.5) is 26.3 Å². The fourth-order valence-corrected chi connectivity index (χ4v) is 2.12. The summed E-state index contributed by atoms with van der Waals surface area (Å²) in [6.45, 7) is 0. The Bertz CT molecular complexity index is 736. The Labute approximate surface area is 137 Å². The van der Waals surface area contributed by atoms with Crippen LogP contribution in [0.25, 0.3) is 0 Å². The molecule has 134 valence electrons. The maximum Gasteiger partial charge on any atom is 0.404 e. The van der Waals surface area contributed by atoms with Crippen molar-refractivity contribution >= 4 is 5.97 Å². The number of rotatable bonds is 4. The van der Waals surface area contributed by atoms with Crippen LogP contribution < -0.4 is 4.74 Å². The molecule has 0 aromatic heterocycles. The van der Waals surface area contributed by atoms with Crippen molar-refractivity contribution in [3.05, 3.63) is 59.7 Å². The van der Waals surface area contributed by atoms with Gasteiger partial charge in [-0.25, -0.2) is 4.79 Å². The van der Waals surface area contributed by atoms with Crippen LogP contribution in [-0.2, 0) is 0 Å². The number of halogens is 6. The summed E-state index contributed by atoms with van der Waals surface area (Å²) in [7, 11) is 0. The Morgan fingerprint density at radius 1 is 0.880 bits per heavy atom. The lowest BCUT2D eigenvalue weighted by atomic mass is 9.98. The Balaban J connectivity index is 2.30. The summed E-state index contributed by atoms with van der Waals surface area (Å²) in [6, 6.07) is 8.43. The first kappa shape index (κ1) is 18.6. The van der Waals surface area contributed by atoms with Crippen LogP contribution in [0.15, 0.2) is 48.5 Å². The fraction of sp³-hybridized carbons (Fsp3) is 0.188. The maximum atomic E-state index is 12.8. The normalized spacial score (nSPS) is 12.3. The van der Waals surface area contributed by atoms with Crippen molar-refractivity contribution in [3.8, 4) is 11.5 Å². The van der Waals surface area contributed by atoms with Crippen LogP contribution in [0, 0.1) is 0 Å². The van der Waals surface area contributed by atoms with Crippen molar-refractivity contribution < 1.29 is 41.0 Å². The van der Waals surface area contributed by atoms with E-state index >= 15 is 0 Å². The number of hydrogen-bond acceptors (Lipinski definition) is 2. The lowest BCUT2D eigenvalue weighted by molar-refractivity contribution is -0.253. The van der Waals surface area contributed by atoms with Crippen molar-refractivity contribution in [1.82, 2.24) is 0 Å². The highest BCUT2D eigenvalue weighted by Crippen LogP contribution is 2.46. The molecule has 0 radical (unpaired) electrons. The Hall–Kier alpha value is -2.71. The number of aromatic carboxylic acids is 1. The molecule has 0 atom stereocenters. The van der Waals surface area contributed by atoms with Gasteiger partial charge in [0.1, 0.15) is 11.5 Å². The first-order chi connectivity index (χ1) is 11.5. The summed E-state index contributed by atoms with van der Waals surface area (Å²) in [6.07, 6.45) is -11.0. The Kier molecular flexibility index (Phi) is 4.96. The Morgan fingerprint density at radius 2 is 1.44 bits per heavy atom. The molecule has 0 heterocycles. The predicted molar refractivity (Wildman–Crippen MR) is 74.8 cm³/mol. The molecule has 25 heavy (non-hydrogen) atoms. The fourth-order valence-electron chi connectivity index (χ4n) is 2.12. The number of carbonyl (C=O) groups is 1. The molecule has 2 aromatic carbocycles. The third kappa shape index (κ3) is 4.65. The van der Waals surface area contributed by atoms with Crippen LogP contribution in [0.2, 0.25) is 0 Å². The van der Waals surface area contributed by atoms with E-state index in [4.69, 9.17) is 9.84 Å². The van der Waals surface area contributed by atoms with E-state index in [9.17, 15) is 31.1 Å². The van der Waals surface area contributed by atoms with Crippen LogP contribution in [0.3, 0.4) is 0 Å². The summed E-state index contributed by atoms with van der Waals surface area (Å²) < 4.78 is 81.8. The molecule has 0 saturated heterocycles. The van der Waals surface area contributed by atoms with Gasteiger partial charge in [-0.2, -0.15) is 26.3 Å². The molecule has 0 aliphatic carbocycles. The van der Waals surface area contributed by atoms with E-state index in [0.29, 0.717) is 12.1 Å². The quantitative estimate of drug-likeness (QED) is 0.741. The summed E-state index contributed by atoms with van der Waals surface area (Å²) in [5.41, 5.74) is -1.05. The molecule has 0 bridgehead atoms. The van der Waals surface area contributed by atoms with Crippen molar-refractivity contribution in [1.29, 1.82) is 0 Å². The number of benzene rings is 2. The molecule has 0 amide bonds. The van der Waals surface area contributed by atoms with Gasteiger partial charge in [-0.05, 0) is 42.0 Å². The van der Waals surface area contributed by atoms with E-state index in [0.717, 1.165) is 6.07 Å². The van der Waals surface area contributed by atoms with Crippen molar-refractivity contribution in [3.63, 3.8) is 0 Å². The number of carboxylic acid groups (broad SMARTS) is 1. The standard InChI is InChI=1S/C16H10F6O3/c17-15(18,19)13(16(20,21)22)10-2-1-3-12(8-10)25-11-6-4-9(5-7-11)14(23)24/h1-8,13H,(H,23,24). The zero-order chi connectivity index (χ0) is 18.8. The molecule has 0 unspecified atom stereocenters. The van der Waals surface area contributed by atoms with Crippen molar-refractivity contribution in [2.24, 2.45) is 0 Å². The SMILES string of the molecule is O=C(O)c1ccc(Oc2cccc(C(C(F)(F)F)C(F)(F)F)c2)cc1. The Morgan fingerprint density at radius 3 is 1.92 bits per heavy atom. The lowest BCUT2D eigenvalue weighted by Crippen LogP contribution is -2.34. The monoisotopic (exact) mass is 364 g/mol. The second kappa shape index (κ2) is 6.66. The molecule has 3 nitrogen and oxygen atoms in total. The predicted octanol–water partition coefficient (Wildman–Crippen LogP) is 5.39. The summed E-state index contributed by atoms with van der Waals surface area (Å²) in [5.74, 6) is -4.98.